The molecule has 0 aromatic heterocycles. The second-order valence-corrected chi connectivity index (χ2v) is 5.40. The molecule has 0 aliphatic carbocycles. The lowest BCUT2D eigenvalue weighted by Gasteiger charge is -2.28. The molecule has 20 heavy (non-hydrogen) atoms. The first kappa shape index (κ1) is 16.9. The molecule has 1 heterocycles. The van der Waals surface area contributed by atoms with Gasteiger partial charge in [0.15, 0.2) is 0 Å². The van der Waals surface area contributed by atoms with Crippen LogP contribution in [-0.2, 0) is 19.1 Å². The highest BCUT2D eigenvalue weighted by Crippen LogP contribution is 2.06. The lowest BCUT2D eigenvalue weighted by molar-refractivity contribution is -0.149. The van der Waals surface area contributed by atoms with Crippen molar-refractivity contribution in [2.45, 2.75) is 33.2 Å². The van der Waals surface area contributed by atoms with Gasteiger partial charge in [-0.3, -0.25) is 9.59 Å². The molecule has 116 valence electrons. The maximum atomic E-state index is 12.3. The number of morpholine rings is 1. The van der Waals surface area contributed by atoms with Gasteiger partial charge in [-0.25, -0.2) is 0 Å². The Morgan fingerprint density at radius 2 is 2.20 bits per heavy atom. The summed E-state index contributed by atoms with van der Waals surface area (Å²) in [6.45, 7) is 8.71. The van der Waals surface area contributed by atoms with E-state index in [-0.39, 0.29) is 24.5 Å². The van der Waals surface area contributed by atoms with Crippen LogP contribution in [0, 0.1) is 5.92 Å². The van der Waals surface area contributed by atoms with Gasteiger partial charge >= 0.3 is 5.97 Å². The van der Waals surface area contributed by atoms with E-state index >= 15 is 0 Å². The number of hydrogen-bond donors (Lipinski definition) is 1. The van der Waals surface area contributed by atoms with Crippen LogP contribution >= 0.6 is 0 Å². The van der Waals surface area contributed by atoms with Crippen molar-refractivity contribution in [1.29, 1.82) is 0 Å². The molecule has 1 unspecified atom stereocenters. The Balaban J connectivity index is 2.51. The summed E-state index contributed by atoms with van der Waals surface area (Å²) in [6, 6.07) is 0.0353. The van der Waals surface area contributed by atoms with Gasteiger partial charge in [-0.2, -0.15) is 0 Å². The molecule has 1 amide bonds. The normalized spacial score (nSPS) is 18.9. The first-order chi connectivity index (χ1) is 9.52. The predicted molar refractivity (Wildman–Crippen MR) is 75.3 cm³/mol. The van der Waals surface area contributed by atoms with Crippen molar-refractivity contribution in [3.8, 4) is 0 Å². The highest BCUT2D eigenvalue weighted by molar-refractivity contribution is 5.82. The summed E-state index contributed by atoms with van der Waals surface area (Å²) in [7, 11) is 0. The molecular weight excluding hydrogens is 260 g/mol. The Hall–Kier alpha value is -1.14. The van der Waals surface area contributed by atoms with Crippen LogP contribution in [0.25, 0.3) is 0 Å². The standard InChI is InChI=1S/C14H26N2O4/c1-4-20-14(18)9-16(8-11(2)3)13(17)7-12-10-19-6-5-15-12/h11-12,15H,4-10H2,1-3H3. The molecule has 1 rings (SSSR count). The van der Waals surface area contributed by atoms with E-state index in [9.17, 15) is 9.59 Å². The Labute approximate surface area is 120 Å². The summed E-state index contributed by atoms with van der Waals surface area (Å²) in [5.74, 6) is -0.0759. The van der Waals surface area contributed by atoms with Gasteiger partial charge in [0.05, 0.1) is 19.8 Å². The number of hydrogen-bond acceptors (Lipinski definition) is 5. The zero-order valence-corrected chi connectivity index (χ0v) is 12.7. The molecule has 1 fully saturated rings. The third kappa shape index (κ3) is 6.34. The van der Waals surface area contributed by atoms with E-state index in [4.69, 9.17) is 9.47 Å². The average molecular weight is 286 g/mol. The van der Waals surface area contributed by atoms with Gasteiger partial charge in [-0.05, 0) is 12.8 Å². The summed E-state index contributed by atoms with van der Waals surface area (Å²) in [4.78, 5) is 25.5. The van der Waals surface area contributed by atoms with Crippen molar-refractivity contribution in [2.24, 2.45) is 5.92 Å². The summed E-state index contributed by atoms with van der Waals surface area (Å²) in [5.41, 5.74) is 0. The van der Waals surface area contributed by atoms with Crippen molar-refractivity contribution >= 4 is 11.9 Å². The number of nitrogens with one attached hydrogen (secondary N) is 1. The van der Waals surface area contributed by atoms with E-state index < -0.39 is 0 Å². The van der Waals surface area contributed by atoms with Crippen LogP contribution in [-0.4, -0.2) is 62.3 Å². The fourth-order valence-electron chi connectivity index (χ4n) is 2.15. The van der Waals surface area contributed by atoms with Crippen molar-refractivity contribution in [3.63, 3.8) is 0 Å². The minimum Gasteiger partial charge on any atom is -0.465 e. The fraction of sp³-hybridized carbons (Fsp3) is 0.857. The predicted octanol–water partition coefficient (Wildman–Crippen LogP) is 0.413. The molecule has 6 nitrogen and oxygen atoms in total. The summed E-state index contributed by atoms with van der Waals surface area (Å²) >= 11 is 0. The molecule has 1 atom stereocenters. The number of amides is 1. The van der Waals surface area contributed by atoms with Crippen LogP contribution in [0.1, 0.15) is 27.2 Å². The maximum Gasteiger partial charge on any atom is 0.325 e. The number of ether oxygens (including phenoxy) is 2. The highest BCUT2D eigenvalue weighted by Gasteiger charge is 2.23. The molecule has 0 bridgehead atoms. The van der Waals surface area contributed by atoms with Crippen LogP contribution in [0.5, 0.6) is 0 Å². The van der Waals surface area contributed by atoms with Gasteiger partial charge in [-0.1, -0.05) is 13.8 Å². The molecule has 0 aromatic rings. The van der Waals surface area contributed by atoms with E-state index in [0.717, 1.165) is 6.54 Å². The summed E-state index contributed by atoms with van der Waals surface area (Å²) < 4.78 is 10.3. The number of rotatable bonds is 7. The number of esters is 1. The Morgan fingerprint density at radius 1 is 1.45 bits per heavy atom. The molecule has 1 saturated heterocycles. The minimum absolute atomic E-state index is 0.0262. The third-order valence-corrected chi connectivity index (χ3v) is 2.98. The molecule has 1 aliphatic rings. The smallest absolute Gasteiger partial charge is 0.325 e. The molecule has 6 heteroatoms. The van der Waals surface area contributed by atoms with Crippen LogP contribution in [0.15, 0.2) is 0 Å². The monoisotopic (exact) mass is 286 g/mol. The minimum atomic E-state index is -0.352. The van der Waals surface area contributed by atoms with Crippen LogP contribution in [0.2, 0.25) is 0 Å². The Morgan fingerprint density at radius 3 is 2.75 bits per heavy atom. The van der Waals surface area contributed by atoms with Gasteiger partial charge in [0.1, 0.15) is 6.54 Å². The van der Waals surface area contributed by atoms with Gasteiger partial charge in [0, 0.05) is 25.6 Å². The van der Waals surface area contributed by atoms with Gasteiger partial charge in [0.2, 0.25) is 5.91 Å². The van der Waals surface area contributed by atoms with E-state index in [1.165, 1.54) is 0 Å². The average Bonchev–Trinajstić information content (AvgIpc) is 2.39. The van der Waals surface area contributed by atoms with Gasteiger partial charge < -0.3 is 19.7 Å². The number of carbonyl (C=O) groups is 2. The number of nitrogens with zero attached hydrogens (tertiary/aromatic N) is 1. The number of carbonyl (C=O) groups excluding carboxylic acids is 2. The quantitative estimate of drug-likeness (QED) is 0.687. The van der Waals surface area contributed by atoms with Crippen molar-refractivity contribution < 1.29 is 19.1 Å². The SMILES string of the molecule is CCOC(=O)CN(CC(C)C)C(=O)CC1COCCN1. The van der Waals surface area contributed by atoms with Gasteiger partial charge in [-0.15, -0.1) is 0 Å². The second-order valence-electron chi connectivity index (χ2n) is 5.40. The molecule has 0 saturated carbocycles. The zero-order chi connectivity index (χ0) is 15.0. The van der Waals surface area contributed by atoms with Crippen LogP contribution in [0.3, 0.4) is 0 Å². The first-order valence-corrected chi connectivity index (χ1v) is 7.27. The summed E-state index contributed by atoms with van der Waals surface area (Å²) in [6.07, 6.45) is 0.353. The van der Waals surface area contributed by atoms with Gasteiger partial charge in [0.25, 0.3) is 0 Å². The second kappa shape index (κ2) is 8.92. The largest absolute Gasteiger partial charge is 0.465 e. The molecule has 1 aliphatic heterocycles. The fourth-order valence-corrected chi connectivity index (χ4v) is 2.15. The third-order valence-electron chi connectivity index (χ3n) is 2.98. The molecule has 0 radical (unpaired) electrons. The molecule has 0 spiro atoms. The highest BCUT2D eigenvalue weighted by atomic mass is 16.5. The molecule has 1 N–H and O–H groups in total. The maximum absolute atomic E-state index is 12.3. The lowest BCUT2D eigenvalue weighted by Crippen LogP contribution is -2.46. The summed E-state index contributed by atoms with van der Waals surface area (Å²) in [5, 5.41) is 3.25. The van der Waals surface area contributed by atoms with Crippen molar-refractivity contribution in [1.82, 2.24) is 10.2 Å². The van der Waals surface area contributed by atoms with Crippen molar-refractivity contribution in [2.75, 3.05) is 39.5 Å². The Kier molecular flexibility index (Phi) is 7.54. The lowest BCUT2D eigenvalue weighted by atomic mass is 10.1. The van der Waals surface area contributed by atoms with E-state index in [2.05, 4.69) is 5.32 Å². The first-order valence-electron chi connectivity index (χ1n) is 7.27. The van der Waals surface area contributed by atoms with Crippen molar-refractivity contribution in [3.05, 3.63) is 0 Å². The molecule has 0 aromatic carbocycles. The van der Waals surface area contributed by atoms with E-state index in [1.54, 1.807) is 11.8 Å². The topological polar surface area (TPSA) is 67.9 Å². The molecular formula is C14H26N2O4. The van der Waals surface area contributed by atoms with Crippen LogP contribution < -0.4 is 5.32 Å². The Bertz CT molecular complexity index is 314. The zero-order valence-electron chi connectivity index (χ0n) is 12.7. The van der Waals surface area contributed by atoms with E-state index in [1.807, 2.05) is 13.8 Å². The van der Waals surface area contributed by atoms with E-state index in [0.29, 0.717) is 38.7 Å². The van der Waals surface area contributed by atoms with Crippen LogP contribution in [0.4, 0.5) is 0 Å².